The lowest BCUT2D eigenvalue weighted by molar-refractivity contribution is -0.122. The predicted molar refractivity (Wildman–Crippen MR) is 79.5 cm³/mol. The molecule has 1 aliphatic heterocycles. The van der Waals surface area contributed by atoms with E-state index < -0.39 is 0 Å². The summed E-state index contributed by atoms with van der Waals surface area (Å²) in [5.74, 6) is 1.23. The van der Waals surface area contributed by atoms with Crippen LogP contribution in [0, 0.1) is 5.41 Å². The van der Waals surface area contributed by atoms with Crippen LogP contribution < -0.4 is 10.6 Å². The second-order valence-electron chi connectivity index (χ2n) is 5.60. The highest BCUT2D eigenvalue weighted by Crippen LogP contribution is 2.44. The van der Waals surface area contributed by atoms with Gasteiger partial charge in [-0.2, -0.15) is 0 Å². The average Bonchev–Trinajstić information content (AvgIpc) is 2.42. The Labute approximate surface area is 118 Å². The maximum absolute atomic E-state index is 12.6. The molecular weight excluding hydrogens is 256 g/mol. The van der Waals surface area contributed by atoms with Gasteiger partial charge in [0.05, 0.1) is 5.69 Å². The van der Waals surface area contributed by atoms with Gasteiger partial charge in [-0.1, -0.05) is 18.6 Å². The molecule has 1 fully saturated rings. The summed E-state index contributed by atoms with van der Waals surface area (Å²) in [7, 11) is 0. The first kappa shape index (κ1) is 13.0. The van der Waals surface area contributed by atoms with Crippen molar-refractivity contribution >= 4 is 23.4 Å². The second-order valence-corrected chi connectivity index (χ2v) is 6.73. The van der Waals surface area contributed by atoms with Crippen molar-refractivity contribution in [1.29, 1.82) is 0 Å². The minimum atomic E-state index is 0.0939. The van der Waals surface area contributed by atoms with E-state index in [4.69, 9.17) is 5.73 Å². The molecule has 1 aromatic carbocycles. The smallest absolute Gasteiger partial charge is 0.227 e. The van der Waals surface area contributed by atoms with Crippen molar-refractivity contribution in [3.05, 3.63) is 24.3 Å². The van der Waals surface area contributed by atoms with Crippen molar-refractivity contribution < 1.29 is 4.79 Å². The number of benzene rings is 1. The van der Waals surface area contributed by atoms with Gasteiger partial charge in [0.1, 0.15) is 0 Å². The number of nitrogens with two attached hydrogens (primary N) is 1. The van der Waals surface area contributed by atoms with Crippen LogP contribution in [0.1, 0.15) is 25.7 Å². The summed E-state index contributed by atoms with van der Waals surface area (Å²) in [4.78, 5) is 15.8. The molecule has 1 amide bonds. The largest absolute Gasteiger partial charge is 0.330 e. The van der Waals surface area contributed by atoms with E-state index in [9.17, 15) is 4.79 Å². The van der Waals surface area contributed by atoms with Crippen molar-refractivity contribution in [3.63, 3.8) is 0 Å². The molecule has 0 radical (unpaired) electrons. The summed E-state index contributed by atoms with van der Waals surface area (Å²) in [6.45, 7) is 1.46. The van der Waals surface area contributed by atoms with E-state index in [0.29, 0.717) is 13.0 Å². The van der Waals surface area contributed by atoms with Gasteiger partial charge in [-0.15, -0.1) is 11.8 Å². The van der Waals surface area contributed by atoms with E-state index in [1.54, 1.807) is 0 Å². The molecule has 2 aliphatic rings. The normalized spacial score (nSPS) is 20.6. The van der Waals surface area contributed by atoms with Crippen LogP contribution in [0.5, 0.6) is 0 Å². The molecule has 0 bridgehead atoms. The zero-order valence-electron chi connectivity index (χ0n) is 11.1. The Kier molecular flexibility index (Phi) is 3.54. The third-order valence-electron chi connectivity index (χ3n) is 4.40. The molecule has 1 heterocycles. The number of thioether (sulfide) groups is 1. The fourth-order valence-corrected chi connectivity index (χ4v) is 3.97. The SMILES string of the molecule is NCC1(CC(=O)N2CCSc3ccccc32)CCC1. The van der Waals surface area contributed by atoms with Gasteiger partial charge in [-0.05, 0) is 36.9 Å². The number of carbonyl (C=O) groups excluding carboxylic acids is 1. The van der Waals surface area contributed by atoms with Gasteiger partial charge in [0.25, 0.3) is 0 Å². The molecule has 2 N–H and O–H groups in total. The first-order chi connectivity index (χ1) is 9.24. The second kappa shape index (κ2) is 5.17. The minimum absolute atomic E-state index is 0.0939. The molecule has 0 spiro atoms. The lowest BCUT2D eigenvalue weighted by Gasteiger charge is -2.42. The number of hydrogen-bond acceptors (Lipinski definition) is 3. The van der Waals surface area contributed by atoms with Crippen LogP contribution in [0.4, 0.5) is 5.69 Å². The summed E-state index contributed by atoms with van der Waals surface area (Å²) in [6, 6.07) is 8.19. The third kappa shape index (κ3) is 2.39. The standard InChI is InChI=1S/C15H20N2OS/c16-11-15(6-3-7-15)10-14(18)17-8-9-19-13-5-2-1-4-12(13)17/h1-2,4-5H,3,6-11,16H2. The monoisotopic (exact) mass is 276 g/mol. The Morgan fingerprint density at radius 2 is 2.16 bits per heavy atom. The molecule has 0 aromatic heterocycles. The maximum atomic E-state index is 12.6. The lowest BCUT2D eigenvalue weighted by Crippen LogP contribution is -2.44. The van der Waals surface area contributed by atoms with E-state index in [0.717, 1.165) is 30.8 Å². The van der Waals surface area contributed by atoms with Crippen molar-refractivity contribution in [3.8, 4) is 0 Å². The number of nitrogens with zero attached hydrogens (tertiary/aromatic N) is 1. The Bertz CT molecular complexity index is 479. The summed E-state index contributed by atoms with van der Waals surface area (Å²) in [5, 5.41) is 0. The van der Waals surface area contributed by atoms with Gasteiger partial charge < -0.3 is 10.6 Å². The summed E-state index contributed by atoms with van der Waals surface area (Å²) >= 11 is 1.83. The number of anilines is 1. The quantitative estimate of drug-likeness (QED) is 0.923. The van der Waals surface area contributed by atoms with Crippen LogP contribution in [-0.4, -0.2) is 24.7 Å². The van der Waals surface area contributed by atoms with Crippen LogP contribution in [0.15, 0.2) is 29.2 Å². The zero-order chi connectivity index (χ0) is 13.3. The molecule has 1 aromatic rings. The lowest BCUT2D eigenvalue weighted by atomic mass is 9.66. The van der Waals surface area contributed by atoms with E-state index in [1.165, 1.54) is 11.3 Å². The average molecular weight is 276 g/mol. The van der Waals surface area contributed by atoms with Crippen molar-refractivity contribution in [1.82, 2.24) is 0 Å². The molecule has 0 saturated heterocycles. The number of fused-ring (bicyclic) bond motifs is 1. The van der Waals surface area contributed by atoms with Crippen molar-refractivity contribution in [2.75, 3.05) is 23.7 Å². The number of carbonyl (C=O) groups is 1. The van der Waals surface area contributed by atoms with E-state index >= 15 is 0 Å². The van der Waals surface area contributed by atoms with Gasteiger partial charge >= 0.3 is 0 Å². The van der Waals surface area contributed by atoms with E-state index in [-0.39, 0.29) is 11.3 Å². The van der Waals surface area contributed by atoms with Crippen molar-refractivity contribution in [2.45, 2.75) is 30.6 Å². The molecule has 19 heavy (non-hydrogen) atoms. The molecule has 4 heteroatoms. The summed E-state index contributed by atoms with van der Waals surface area (Å²) < 4.78 is 0. The molecule has 0 unspecified atom stereocenters. The molecule has 102 valence electrons. The first-order valence-corrected chi connectivity index (χ1v) is 7.95. The fraction of sp³-hybridized carbons (Fsp3) is 0.533. The van der Waals surface area contributed by atoms with Gasteiger partial charge in [-0.3, -0.25) is 4.79 Å². The molecule has 3 nitrogen and oxygen atoms in total. The highest BCUT2D eigenvalue weighted by molar-refractivity contribution is 7.99. The summed E-state index contributed by atoms with van der Waals surface area (Å²) in [6.07, 6.45) is 4.05. The molecule has 0 atom stereocenters. The molecule has 3 rings (SSSR count). The molecular formula is C15H20N2OS. The maximum Gasteiger partial charge on any atom is 0.227 e. The van der Waals surface area contributed by atoms with Crippen LogP contribution in [0.25, 0.3) is 0 Å². The topological polar surface area (TPSA) is 46.3 Å². The highest BCUT2D eigenvalue weighted by atomic mass is 32.2. The zero-order valence-corrected chi connectivity index (χ0v) is 11.9. The van der Waals surface area contributed by atoms with Crippen LogP contribution in [-0.2, 0) is 4.79 Å². The van der Waals surface area contributed by atoms with Gasteiger partial charge in [0.15, 0.2) is 0 Å². The Hall–Kier alpha value is -1.00. The first-order valence-electron chi connectivity index (χ1n) is 6.96. The fourth-order valence-electron chi connectivity index (χ4n) is 2.97. The number of para-hydroxylation sites is 1. The van der Waals surface area contributed by atoms with Crippen LogP contribution in [0.2, 0.25) is 0 Å². The van der Waals surface area contributed by atoms with Gasteiger partial charge in [-0.25, -0.2) is 0 Å². The Morgan fingerprint density at radius 3 is 2.84 bits per heavy atom. The third-order valence-corrected chi connectivity index (χ3v) is 5.45. The number of amides is 1. The molecule has 1 aliphatic carbocycles. The van der Waals surface area contributed by atoms with Crippen LogP contribution >= 0.6 is 11.8 Å². The molecule has 1 saturated carbocycles. The van der Waals surface area contributed by atoms with Gasteiger partial charge in [0.2, 0.25) is 5.91 Å². The number of rotatable bonds is 3. The highest BCUT2D eigenvalue weighted by Gasteiger charge is 2.39. The van der Waals surface area contributed by atoms with Crippen molar-refractivity contribution in [2.24, 2.45) is 11.1 Å². The van der Waals surface area contributed by atoms with Gasteiger partial charge in [0, 0.05) is 23.6 Å². The van der Waals surface area contributed by atoms with E-state index in [1.807, 2.05) is 28.8 Å². The predicted octanol–water partition coefficient (Wildman–Crippen LogP) is 2.64. The Morgan fingerprint density at radius 1 is 1.37 bits per heavy atom. The van der Waals surface area contributed by atoms with Crippen LogP contribution in [0.3, 0.4) is 0 Å². The van der Waals surface area contributed by atoms with E-state index in [2.05, 4.69) is 12.1 Å². The Balaban J connectivity index is 1.78. The number of hydrogen-bond donors (Lipinski definition) is 1. The minimum Gasteiger partial charge on any atom is -0.330 e. The summed E-state index contributed by atoms with van der Waals surface area (Å²) in [5.41, 5.74) is 7.04.